The highest BCUT2D eigenvalue weighted by atomic mass is 32.1. The molecule has 4 nitrogen and oxygen atoms in total. The predicted molar refractivity (Wildman–Crippen MR) is 121 cm³/mol. The Hall–Kier alpha value is -3.18. The number of hydrogen-bond acceptors (Lipinski definition) is 4. The van der Waals surface area contributed by atoms with Crippen LogP contribution in [0.2, 0.25) is 0 Å². The highest BCUT2D eigenvalue weighted by Crippen LogP contribution is 2.35. The van der Waals surface area contributed by atoms with Crippen LogP contribution >= 0.6 is 12.2 Å². The van der Waals surface area contributed by atoms with Gasteiger partial charge in [0.05, 0.1) is 0 Å². The van der Waals surface area contributed by atoms with Crippen LogP contribution in [0.15, 0.2) is 84.9 Å². The number of nitrogens with zero attached hydrogens (tertiary/aromatic N) is 1. The highest BCUT2D eigenvalue weighted by Gasteiger charge is 2.45. The Morgan fingerprint density at radius 3 is 2.14 bits per heavy atom. The minimum atomic E-state index is -1.36. The first-order valence-corrected chi connectivity index (χ1v) is 9.77. The topological polar surface area (TPSA) is 55.6 Å². The molecular formula is C24H24N2O2S. The van der Waals surface area contributed by atoms with Crippen LogP contribution in [0.4, 0.5) is 11.4 Å². The van der Waals surface area contributed by atoms with Crippen molar-refractivity contribution in [1.82, 2.24) is 0 Å². The SMILES string of the molecule is Cc1cccc(N(c2ccccc2)[C@@](C)(C(=O)OCc2ccccc2)C(N)=S)c1. The number of aryl methyl sites for hydroxylation is 1. The summed E-state index contributed by atoms with van der Waals surface area (Å²) in [5.74, 6) is -0.501. The van der Waals surface area contributed by atoms with Gasteiger partial charge in [-0.3, -0.25) is 0 Å². The molecule has 3 aromatic rings. The monoisotopic (exact) mass is 404 g/mol. The van der Waals surface area contributed by atoms with Gasteiger partial charge in [0.15, 0.2) is 5.54 Å². The van der Waals surface area contributed by atoms with Crippen LogP contribution in [0.3, 0.4) is 0 Å². The summed E-state index contributed by atoms with van der Waals surface area (Å²) >= 11 is 5.38. The second kappa shape index (κ2) is 8.88. The van der Waals surface area contributed by atoms with Gasteiger partial charge in [-0.05, 0) is 49.2 Å². The Kier molecular flexibility index (Phi) is 6.29. The van der Waals surface area contributed by atoms with E-state index in [2.05, 4.69) is 0 Å². The van der Waals surface area contributed by atoms with Crippen LogP contribution in [-0.4, -0.2) is 16.5 Å². The second-order valence-electron chi connectivity index (χ2n) is 7.01. The fourth-order valence-electron chi connectivity index (χ4n) is 3.18. The Labute approximate surface area is 176 Å². The van der Waals surface area contributed by atoms with E-state index in [1.165, 1.54) is 0 Å². The van der Waals surface area contributed by atoms with E-state index in [4.69, 9.17) is 22.7 Å². The molecule has 0 aliphatic heterocycles. The zero-order valence-electron chi connectivity index (χ0n) is 16.5. The number of thiocarbonyl (C=S) groups is 1. The summed E-state index contributed by atoms with van der Waals surface area (Å²) in [6.45, 7) is 3.85. The largest absolute Gasteiger partial charge is 0.459 e. The van der Waals surface area contributed by atoms with E-state index < -0.39 is 11.5 Å². The molecule has 0 aliphatic carbocycles. The summed E-state index contributed by atoms with van der Waals surface area (Å²) in [6.07, 6.45) is 0. The van der Waals surface area contributed by atoms with Crippen molar-refractivity contribution in [1.29, 1.82) is 0 Å². The average Bonchev–Trinajstić information content (AvgIpc) is 2.73. The summed E-state index contributed by atoms with van der Waals surface area (Å²) in [4.78, 5) is 15.2. The van der Waals surface area contributed by atoms with Gasteiger partial charge in [0.25, 0.3) is 0 Å². The maximum atomic E-state index is 13.3. The molecule has 0 saturated carbocycles. The second-order valence-corrected chi connectivity index (χ2v) is 7.45. The van der Waals surface area contributed by atoms with Gasteiger partial charge < -0.3 is 15.4 Å². The lowest BCUT2D eigenvalue weighted by Crippen LogP contribution is -2.59. The molecule has 3 aromatic carbocycles. The van der Waals surface area contributed by atoms with Crippen molar-refractivity contribution in [2.75, 3.05) is 4.90 Å². The minimum absolute atomic E-state index is 0.0425. The molecule has 3 rings (SSSR count). The lowest BCUT2D eigenvalue weighted by Gasteiger charge is -2.40. The Balaban J connectivity index is 2.03. The molecule has 0 unspecified atom stereocenters. The highest BCUT2D eigenvalue weighted by molar-refractivity contribution is 7.80. The molecule has 148 valence electrons. The molecule has 5 heteroatoms. The number of anilines is 2. The van der Waals surface area contributed by atoms with Crippen molar-refractivity contribution in [2.45, 2.75) is 26.0 Å². The third-order valence-electron chi connectivity index (χ3n) is 4.81. The number of ether oxygens (including phenoxy) is 1. The normalized spacial score (nSPS) is 12.6. The summed E-state index contributed by atoms with van der Waals surface area (Å²) in [5.41, 5.74) is 8.34. The molecule has 0 spiro atoms. The van der Waals surface area contributed by atoms with Crippen molar-refractivity contribution in [3.05, 3.63) is 96.1 Å². The van der Waals surface area contributed by atoms with Gasteiger partial charge in [-0.1, -0.05) is 72.9 Å². The van der Waals surface area contributed by atoms with Gasteiger partial charge >= 0.3 is 5.97 Å². The van der Waals surface area contributed by atoms with Gasteiger partial charge in [-0.25, -0.2) is 4.79 Å². The van der Waals surface area contributed by atoms with Crippen LogP contribution in [0.5, 0.6) is 0 Å². The van der Waals surface area contributed by atoms with Crippen molar-refractivity contribution in [3.63, 3.8) is 0 Å². The van der Waals surface area contributed by atoms with Crippen molar-refractivity contribution < 1.29 is 9.53 Å². The van der Waals surface area contributed by atoms with E-state index in [9.17, 15) is 4.79 Å². The van der Waals surface area contributed by atoms with Crippen LogP contribution < -0.4 is 10.6 Å². The van der Waals surface area contributed by atoms with Gasteiger partial charge in [0.2, 0.25) is 0 Å². The lowest BCUT2D eigenvalue weighted by molar-refractivity contribution is -0.148. The number of nitrogens with two attached hydrogens (primary N) is 1. The maximum Gasteiger partial charge on any atom is 0.339 e. The van der Waals surface area contributed by atoms with Crippen molar-refractivity contribution in [3.8, 4) is 0 Å². The van der Waals surface area contributed by atoms with E-state index in [0.29, 0.717) is 0 Å². The molecule has 0 fully saturated rings. The van der Waals surface area contributed by atoms with Gasteiger partial charge in [-0.2, -0.15) is 0 Å². The molecule has 0 aromatic heterocycles. The number of rotatable bonds is 7. The molecule has 0 amide bonds. The minimum Gasteiger partial charge on any atom is -0.459 e. The number of benzene rings is 3. The molecular weight excluding hydrogens is 380 g/mol. The molecule has 0 radical (unpaired) electrons. The van der Waals surface area contributed by atoms with Gasteiger partial charge in [0.1, 0.15) is 11.6 Å². The van der Waals surface area contributed by atoms with Crippen LogP contribution in [0.25, 0.3) is 0 Å². The number of para-hydroxylation sites is 1. The first kappa shape index (κ1) is 20.6. The number of hydrogen-bond donors (Lipinski definition) is 1. The molecule has 0 aliphatic rings. The van der Waals surface area contributed by atoms with E-state index in [-0.39, 0.29) is 11.6 Å². The zero-order chi connectivity index (χ0) is 20.9. The molecule has 29 heavy (non-hydrogen) atoms. The summed E-state index contributed by atoms with van der Waals surface area (Å²) in [6, 6.07) is 27.0. The Bertz CT molecular complexity index is 992. The van der Waals surface area contributed by atoms with Gasteiger partial charge in [-0.15, -0.1) is 0 Å². The quantitative estimate of drug-likeness (QED) is 0.447. The third kappa shape index (κ3) is 4.46. The zero-order valence-corrected chi connectivity index (χ0v) is 17.4. The lowest BCUT2D eigenvalue weighted by atomic mass is 9.97. The number of carbonyl (C=O) groups excluding carboxylic acids is 1. The fraction of sp³-hybridized carbons (Fsp3) is 0.167. The Morgan fingerprint density at radius 1 is 0.966 bits per heavy atom. The fourth-order valence-corrected chi connectivity index (χ4v) is 3.35. The van der Waals surface area contributed by atoms with E-state index in [1.54, 1.807) is 6.92 Å². The molecule has 0 bridgehead atoms. The molecule has 0 heterocycles. The molecule has 2 N–H and O–H groups in total. The van der Waals surface area contributed by atoms with Crippen LogP contribution in [-0.2, 0) is 16.1 Å². The van der Waals surface area contributed by atoms with E-state index >= 15 is 0 Å². The Morgan fingerprint density at radius 2 is 1.55 bits per heavy atom. The molecule has 0 saturated heterocycles. The predicted octanol–water partition coefficient (Wildman–Crippen LogP) is 4.92. The average molecular weight is 405 g/mol. The first-order valence-electron chi connectivity index (χ1n) is 9.36. The van der Waals surface area contributed by atoms with E-state index in [1.807, 2.05) is 96.8 Å². The molecule has 1 atom stereocenters. The summed E-state index contributed by atoms with van der Waals surface area (Å²) in [5, 5.41) is 0. The van der Waals surface area contributed by atoms with E-state index in [0.717, 1.165) is 22.5 Å². The number of carbonyl (C=O) groups is 1. The smallest absolute Gasteiger partial charge is 0.339 e. The van der Waals surface area contributed by atoms with Gasteiger partial charge in [0, 0.05) is 11.4 Å². The third-order valence-corrected chi connectivity index (χ3v) is 5.21. The van der Waals surface area contributed by atoms with Crippen LogP contribution in [0, 0.1) is 6.92 Å². The summed E-state index contributed by atoms with van der Waals surface area (Å²) in [7, 11) is 0. The maximum absolute atomic E-state index is 13.3. The standard InChI is InChI=1S/C24H24N2O2S/c1-18-10-9-15-21(16-18)26(20-13-7-4-8-14-20)24(2,22(25)29)23(27)28-17-19-11-5-3-6-12-19/h3-16H,17H2,1-2H3,(H2,25,29)/t24-/m1/s1. The van der Waals surface area contributed by atoms with Crippen molar-refractivity contribution >= 4 is 34.6 Å². The first-order chi connectivity index (χ1) is 13.9. The summed E-state index contributed by atoms with van der Waals surface area (Å²) < 4.78 is 5.66. The number of esters is 1. The van der Waals surface area contributed by atoms with Crippen molar-refractivity contribution in [2.24, 2.45) is 5.73 Å². The van der Waals surface area contributed by atoms with Crippen LogP contribution in [0.1, 0.15) is 18.1 Å².